The Morgan fingerprint density at radius 2 is 2.00 bits per heavy atom. The first kappa shape index (κ1) is 22.4. The quantitative estimate of drug-likeness (QED) is 0.369. The van der Waals surface area contributed by atoms with Crippen molar-refractivity contribution in [2.75, 3.05) is 19.0 Å². The van der Waals surface area contributed by atoms with Gasteiger partial charge in [0.2, 0.25) is 11.8 Å². The van der Waals surface area contributed by atoms with Gasteiger partial charge in [0.05, 0.1) is 6.61 Å². The number of nitrogens with one attached hydrogen (secondary N) is 1. The summed E-state index contributed by atoms with van der Waals surface area (Å²) < 4.78 is 22.6. The van der Waals surface area contributed by atoms with E-state index >= 15 is 0 Å². The molecule has 1 unspecified atom stereocenters. The number of amides is 1. The summed E-state index contributed by atoms with van der Waals surface area (Å²) in [5, 5.41) is 13.0. The van der Waals surface area contributed by atoms with Gasteiger partial charge in [-0.3, -0.25) is 10.1 Å². The molecule has 4 aromatic rings. The molecule has 0 saturated heterocycles. The van der Waals surface area contributed by atoms with Crippen LogP contribution in [0.2, 0.25) is 0 Å². The summed E-state index contributed by atoms with van der Waals surface area (Å²) in [5.41, 5.74) is 1.09. The van der Waals surface area contributed by atoms with E-state index in [1.807, 2.05) is 19.1 Å². The fraction of sp³-hybridized carbons (Fsp3) is 0.217. The van der Waals surface area contributed by atoms with Crippen LogP contribution in [-0.4, -0.2) is 40.9 Å². The number of aromatic nitrogens is 3. The number of hydrogen-bond acceptors (Lipinski definition) is 9. The zero-order valence-corrected chi connectivity index (χ0v) is 19.1. The second kappa shape index (κ2) is 10.2. The molecule has 0 bridgehead atoms. The molecule has 0 fully saturated rings. The van der Waals surface area contributed by atoms with Crippen LogP contribution < -0.4 is 14.8 Å². The van der Waals surface area contributed by atoms with Gasteiger partial charge >= 0.3 is 0 Å². The van der Waals surface area contributed by atoms with E-state index in [0.29, 0.717) is 46.3 Å². The van der Waals surface area contributed by atoms with E-state index in [1.165, 1.54) is 11.3 Å². The number of hydrogen-bond donors (Lipinski definition) is 1. The Bertz CT molecular complexity index is 1230. The van der Waals surface area contributed by atoms with E-state index in [2.05, 4.69) is 20.5 Å². The van der Waals surface area contributed by atoms with Crippen molar-refractivity contribution < 1.29 is 23.4 Å². The molecule has 0 radical (unpaired) electrons. The summed E-state index contributed by atoms with van der Waals surface area (Å²) in [6.45, 7) is 4.00. The van der Waals surface area contributed by atoms with Gasteiger partial charge < -0.3 is 18.6 Å². The smallest absolute Gasteiger partial charge is 0.257 e. The van der Waals surface area contributed by atoms with Crippen LogP contribution in [0.4, 0.5) is 5.13 Å². The van der Waals surface area contributed by atoms with Crippen molar-refractivity contribution in [3.05, 3.63) is 65.5 Å². The van der Waals surface area contributed by atoms with Gasteiger partial charge in [0.15, 0.2) is 5.13 Å². The highest BCUT2D eigenvalue weighted by molar-refractivity contribution is 7.13. The third-order valence-corrected chi connectivity index (χ3v) is 5.06. The van der Waals surface area contributed by atoms with Crippen molar-refractivity contribution >= 4 is 22.4 Å². The first-order chi connectivity index (χ1) is 16.0. The first-order valence-electron chi connectivity index (χ1n) is 10.1. The van der Waals surface area contributed by atoms with Crippen LogP contribution in [0.1, 0.15) is 23.2 Å². The van der Waals surface area contributed by atoms with Crippen LogP contribution in [0.25, 0.3) is 11.5 Å². The summed E-state index contributed by atoms with van der Waals surface area (Å²) >= 11 is 1.33. The molecule has 0 spiro atoms. The number of thiazole rings is 1. The van der Waals surface area contributed by atoms with Crippen molar-refractivity contribution in [1.29, 1.82) is 0 Å². The summed E-state index contributed by atoms with van der Waals surface area (Å²) in [5.74, 6) is 1.99. The molecule has 0 aliphatic rings. The minimum atomic E-state index is -0.324. The maximum absolute atomic E-state index is 12.8. The van der Waals surface area contributed by atoms with Gasteiger partial charge in [-0.1, -0.05) is 6.07 Å². The fourth-order valence-corrected chi connectivity index (χ4v) is 3.55. The van der Waals surface area contributed by atoms with E-state index in [1.54, 1.807) is 55.9 Å². The second-order valence-corrected chi connectivity index (χ2v) is 8.02. The van der Waals surface area contributed by atoms with Crippen molar-refractivity contribution in [1.82, 2.24) is 15.2 Å². The van der Waals surface area contributed by atoms with Gasteiger partial charge in [0, 0.05) is 42.8 Å². The molecular formula is C23H22N4O5S. The number of nitrogens with zero attached hydrogens (tertiary/aromatic N) is 3. The van der Waals surface area contributed by atoms with Crippen molar-refractivity contribution in [3.63, 3.8) is 0 Å². The topological polar surface area (TPSA) is 109 Å². The summed E-state index contributed by atoms with van der Waals surface area (Å²) in [7, 11) is 1.60. The molecule has 1 N–H and O–H groups in total. The number of methoxy groups -OCH3 is 1. The van der Waals surface area contributed by atoms with Gasteiger partial charge in [-0.25, -0.2) is 4.98 Å². The molecule has 170 valence electrons. The lowest BCUT2D eigenvalue weighted by molar-refractivity contribution is 0.0916. The Morgan fingerprint density at radius 3 is 2.73 bits per heavy atom. The second-order valence-electron chi connectivity index (χ2n) is 7.12. The molecule has 2 aromatic carbocycles. The Labute approximate surface area is 194 Å². The van der Waals surface area contributed by atoms with Gasteiger partial charge in [0.25, 0.3) is 5.91 Å². The third kappa shape index (κ3) is 5.93. The monoisotopic (exact) mass is 466 g/mol. The zero-order chi connectivity index (χ0) is 23.2. The summed E-state index contributed by atoms with van der Waals surface area (Å²) in [6.07, 6.45) is 1.41. The Balaban J connectivity index is 1.61. The highest BCUT2D eigenvalue weighted by atomic mass is 32.1. The number of rotatable bonds is 9. The molecule has 0 saturated carbocycles. The maximum Gasteiger partial charge on any atom is 0.257 e. The largest absolute Gasteiger partial charge is 0.488 e. The van der Waals surface area contributed by atoms with Crippen LogP contribution in [0.3, 0.4) is 0 Å². The highest BCUT2D eigenvalue weighted by Gasteiger charge is 2.15. The predicted octanol–water partition coefficient (Wildman–Crippen LogP) is 4.96. The lowest BCUT2D eigenvalue weighted by Gasteiger charge is -2.16. The normalized spacial score (nSPS) is 11.7. The van der Waals surface area contributed by atoms with Gasteiger partial charge in [-0.2, -0.15) is 0 Å². The van der Waals surface area contributed by atoms with Crippen LogP contribution in [0.5, 0.6) is 17.2 Å². The van der Waals surface area contributed by atoms with Crippen molar-refractivity contribution in [2.45, 2.75) is 20.0 Å². The lowest BCUT2D eigenvalue weighted by Crippen LogP contribution is -2.18. The van der Waals surface area contributed by atoms with Crippen molar-refractivity contribution in [2.24, 2.45) is 0 Å². The Kier molecular flexibility index (Phi) is 6.96. The van der Waals surface area contributed by atoms with Crippen LogP contribution in [0, 0.1) is 6.92 Å². The third-order valence-electron chi connectivity index (χ3n) is 4.38. The molecule has 1 amide bonds. The number of anilines is 1. The molecule has 2 aromatic heterocycles. The van der Waals surface area contributed by atoms with Crippen LogP contribution in [-0.2, 0) is 4.74 Å². The predicted molar refractivity (Wildman–Crippen MR) is 123 cm³/mol. The molecule has 4 rings (SSSR count). The van der Waals surface area contributed by atoms with E-state index in [0.717, 1.165) is 5.56 Å². The number of carbonyl (C=O) groups excluding carboxylic acids is 1. The van der Waals surface area contributed by atoms with Gasteiger partial charge in [-0.05, 0) is 37.3 Å². The van der Waals surface area contributed by atoms with Gasteiger partial charge in [0.1, 0.15) is 23.4 Å². The van der Waals surface area contributed by atoms with E-state index in [9.17, 15) is 4.79 Å². The average molecular weight is 467 g/mol. The minimum absolute atomic E-state index is 0.218. The molecule has 9 nitrogen and oxygen atoms in total. The van der Waals surface area contributed by atoms with Crippen molar-refractivity contribution in [3.8, 4) is 28.7 Å². The first-order valence-corrected chi connectivity index (χ1v) is 11.0. The maximum atomic E-state index is 12.8. The SMILES string of the molecule is COCC(C)Oc1cc(Oc2cccc(-c3nnc(C)o3)c2)cc(C(=O)Nc2nccs2)c1. The zero-order valence-electron chi connectivity index (χ0n) is 18.3. The minimum Gasteiger partial charge on any atom is -0.488 e. The number of aryl methyl sites for hydroxylation is 1. The van der Waals surface area contributed by atoms with E-state index in [4.69, 9.17) is 18.6 Å². The van der Waals surface area contributed by atoms with Crippen LogP contribution >= 0.6 is 11.3 Å². The molecule has 0 aliphatic heterocycles. The summed E-state index contributed by atoms with van der Waals surface area (Å²) in [6, 6.07) is 12.3. The molecular weight excluding hydrogens is 444 g/mol. The van der Waals surface area contributed by atoms with E-state index in [-0.39, 0.29) is 12.0 Å². The number of benzene rings is 2. The van der Waals surface area contributed by atoms with Gasteiger partial charge in [-0.15, -0.1) is 21.5 Å². The molecule has 1 atom stereocenters. The Morgan fingerprint density at radius 1 is 1.15 bits per heavy atom. The average Bonchev–Trinajstić information content (AvgIpc) is 3.45. The number of carbonyl (C=O) groups is 1. The number of ether oxygens (including phenoxy) is 3. The molecule has 10 heteroatoms. The van der Waals surface area contributed by atoms with E-state index < -0.39 is 0 Å². The Hall–Kier alpha value is -3.76. The molecule has 0 aliphatic carbocycles. The highest BCUT2D eigenvalue weighted by Crippen LogP contribution is 2.31. The van der Waals surface area contributed by atoms with Crippen LogP contribution in [0.15, 0.2) is 58.5 Å². The summed E-state index contributed by atoms with van der Waals surface area (Å²) in [4.78, 5) is 16.9. The molecule has 33 heavy (non-hydrogen) atoms. The lowest BCUT2D eigenvalue weighted by atomic mass is 10.1. The molecule has 2 heterocycles. The standard InChI is InChI=1S/C23H22N4O5S/c1-14(13-29-3)30-19-10-17(21(28)25-23-24-7-8-33-23)11-20(12-19)32-18-6-4-5-16(9-18)22-27-26-15(2)31-22/h4-12,14H,13H2,1-3H3,(H,24,25,28). The fourth-order valence-electron chi connectivity index (χ4n) is 3.03.